The van der Waals surface area contributed by atoms with Crippen LogP contribution in [0.5, 0.6) is 5.75 Å². The fraction of sp³-hybridized carbons (Fsp3) is 0.320. The maximum atomic E-state index is 13.4. The first-order chi connectivity index (χ1) is 17.4. The Morgan fingerprint density at radius 2 is 1.83 bits per heavy atom. The zero-order valence-electron chi connectivity index (χ0n) is 19.8. The van der Waals surface area contributed by atoms with Crippen LogP contribution in [0.4, 0.5) is 4.39 Å². The van der Waals surface area contributed by atoms with Gasteiger partial charge >= 0.3 is 5.69 Å². The van der Waals surface area contributed by atoms with E-state index in [1.165, 1.54) is 35.9 Å². The lowest BCUT2D eigenvalue weighted by atomic mass is 10.2. The number of fused-ring (bicyclic) bond motifs is 1. The molecule has 3 heterocycles. The van der Waals surface area contributed by atoms with Crippen molar-refractivity contribution in [1.82, 2.24) is 29.2 Å². The van der Waals surface area contributed by atoms with Gasteiger partial charge in [0.05, 0.1) is 12.3 Å². The van der Waals surface area contributed by atoms with Gasteiger partial charge in [0.15, 0.2) is 17.0 Å². The summed E-state index contributed by atoms with van der Waals surface area (Å²) in [5.74, 6) is 0.503. The second-order valence-corrected chi connectivity index (χ2v) is 8.84. The number of ether oxygens (including phenoxy) is 1. The van der Waals surface area contributed by atoms with Gasteiger partial charge in [0.2, 0.25) is 0 Å². The van der Waals surface area contributed by atoms with Crippen LogP contribution in [0, 0.1) is 5.82 Å². The predicted octanol–water partition coefficient (Wildman–Crippen LogP) is 1.48. The monoisotopic (exact) mass is 491 g/mol. The van der Waals surface area contributed by atoms with Gasteiger partial charge in [-0.3, -0.25) is 9.36 Å². The van der Waals surface area contributed by atoms with Crippen molar-refractivity contribution in [2.45, 2.75) is 18.9 Å². The Morgan fingerprint density at radius 1 is 1.08 bits per heavy atom. The van der Waals surface area contributed by atoms with Crippen LogP contribution < -0.4 is 21.7 Å². The minimum atomic E-state index is -0.628. The standard InChI is InChI=1S/C25H26FN7O3/c1-31-24(34)21-23(33(25(31)35)19-7-5-17(26)6-8-19)30-29-22(28-21)16-3-9-20(10-4-16)36-14-2-12-32-13-11-18(27)15-32/h3-10,18H,2,11-15,27H2,1H3. The second kappa shape index (κ2) is 9.96. The zero-order chi connectivity index (χ0) is 25.2. The van der Waals surface area contributed by atoms with Gasteiger partial charge in [0.25, 0.3) is 5.56 Å². The minimum absolute atomic E-state index is 0.00243. The summed E-state index contributed by atoms with van der Waals surface area (Å²) >= 11 is 0. The summed E-state index contributed by atoms with van der Waals surface area (Å²) < 4.78 is 21.4. The van der Waals surface area contributed by atoms with Gasteiger partial charge in [-0.05, 0) is 67.9 Å². The fourth-order valence-corrected chi connectivity index (χ4v) is 4.29. The lowest BCUT2D eigenvalue weighted by Crippen LogP contribution is -2.38. The maximum absolute atomic E-state index is 13.4. The number of nitrogens with zero attached hydrogens (tertiary/aromatic N) is 6. The van der Waals surface area contributed by atoms with Gasteiger partial charge in [-0.25, -0.2) is 18.7 Å². The molecule has 1 fully saturated rings. The molecule has 4 aromatic rings. The Kier molecular flexibility index (Phi) is 6.57. The van der Waals surface area contributed by atoms with E-state index in [1.54, 1.807) is 12.1 Å². The molecule has 2 aromatic heterocycles. The third-order valence-corrected chi connectivity index (χ3v) is 6.26. The minimum Gasteiger partial charge on any atom is -0.494 e. The van der Waals surface area contributed by atoms with Crippen molar-refractivity contribution in [2.24, 2.45) is 12.8 Å². The Hall–Kier alpha value is -3.96. The van der Waals surface area contributed by atoms with Crippen molar-refractivity contribution in [3.8, 4) is 22.8 Å². The quantitative estimate of drug-likeness (QED) is 0.386. The molecule has 0 amide bonds. The number of likely N-dealkylation sites (tertiary alicyclic amines) is 1. The number of rotatable bonds is 7. The van der Waals surface area contributed by atoms with E-state index in [4.69, 9.17) is 10.5 Å². The summed E-state index contributed by atoms with van der Waals surface area (Å²) in [6.07, 6.45) is 1.95. The third kappa shape index (κ3) is 4.75. The van der Waals surface area contributed by atoms with Crippen LogP contribution >= 0.6 is 0 Å². The summed E-state index contributed by atoms with van der Waals surface area (Å²) in [4.78, 5) is 32.4. The topological polar surface area (TPSA) is 121 Å². The van der Waals surface area contributed by atoms with E-state index in [0.29, 0.717) is 23.6 Å². The average Bonchev–Trinajstić information content (AvgIpc) is 3.31. The van der Waals surface area contributed by atoms with Crippen molar-refractivity contribution < 1.29 is 9.13 Å². The van der Waals surface area contributed by atoms with E-state index < -0.39 is 17.1 Å². The summed E-state index contributed by atoms with van der Waals surface area (Å²) in [6, 6.07) is 12.8. The SMILES string of the molecule is Cn1c(=O)c2nc(-c3ccc(OCCCN4CCC(N)C4)cc3)nnc2n(-c2ccc(F)cc2)c1=O. The molecular weight excluding hydrogens is 465 g/mol. The number of aromatic nitrogens is 5. The number of nitrogens with two attached hydrogens (primary N) is 1. The lowest BCUT2D eigenvalue weighted by molar-refractivity contribution is 0.262. The van der Waals surface area contributed by atoms with Crippen LogP contribution in [0.25, 0.3) is 28.2 Å². The van der Waals surface area contributed by atoms with Crippen molar-refractivity contribution in [3.05, 3.63) is 75.2 Å². The molecule has 10 nitrogen and oxygen atoms in total. The summed E-state index contributed by atoms with van der Waals surface area (Å²) in [5.41, 5.74) is 5.69. The molecule has 0 spiro atoms. The first kappa shape index (κ1) is 23.8. The summed E-state index contributed by atoms with van der Waals surface area (Å²) in [7, 11) is 1.36. The molecule has 1 saturated heterocycles. The molecule has 5 rings (SSSR count). The van der Waals surface area contributed by atoms with Gasteiger partial charge in [-0.1, -0.05) is 0 Å². The fourth-order valence-electron chi connectivity index (χ4n) is 4.29. The van der Waals surface area contributed by atoms with E-state index in [2.05, 4.69) is 20.1 Å². The zero-order valence-corrected chi connectivity index (χ0v) is 19.8. The normalized spacial score (nSPS) is 16.0. The van der Waals surface area contributed by atoms with E-state index >= 15 is 0 Å². The average molecular weight is 492 g/mol. The van der Waals surface area contributed by atoms with E-state index in [-0.39, 0.29) is 23.0 Å². The predicted molar refractivity (Wildman–Crippen MR) is 133 cm³/mol. The van der Waals surface area contributed by atoms with Crippen LogP contribution in [0.3, 0.4) is 0 Å². The van der Waals surface area contributed by atoms with E-state index in [1.807, 2.05) is 12.1 Å². The summed E-state index contributed by atoms with van der Waals surface area (Å²) in [5, 5.41) is 8.29. The molecule has 0 radical (unpaired) electrons. The van der Waals surface area contributed by atoms with Gasteiger partial charge in [-0.15, -0.1) is 10.2 Å². The van der Waals surface area contributed by atoms with Crippen LogP contribution in [0.2, 0.25) is 0 Å². The molecule has 1 atom stereocenters. The highest BCUT2D eigenvalue weighted by Crippen LogP contribution is 2.20. The van der Waals surface area contributed by atoms with Crippen molar-refractivity contribution in [3.63, 3.8) is 0 Å². The first-order valence-electron chi connectivity index (χ1n) is 11.7. The maximum Gasteiger partial charge on any atom is 0.337 e. The molecule has 1 aliphatic rings. The molecule has 36 heavy (non-hydrogen) atoms. The number of hydrogen-bond acceptors (Lipinski definition) is 8. The largest absolute Gasteiger partial charge is 0.494 e. The highest BCUT2D eigenvalue weighted by molar-refractivity contribution is 5.73. The molecule has 0 aliphatic carbocycles. The number of halogens is 1. The Balaban J connectivity index is 1.36. The summed E-state index contributed by atoms with van der Waals surface area (Å²) in [6.45, 7) is 3.53. The van der Waals surface area contributed by atoms with Gasteiger partial charge in [0, 0.05) is 31.7 Å². The molecule has 1 unspecified atom stereocenters. The highest BCUT2D eigenvalue weighted by atomic mass is 19.1. The molecule has 1 aliphatic heterocycles. The van der Waals surface area contributed by atoms with Gasteiger partial charge in [-0.2, -0.15) is 0 Å². The number of benzene rings is 2. The molecule has 186 valence electrons. The van der Waals surface area contributed by atoms with Crippen molar-refractivity contribution in [1.29, 1.82) is 0 Å². The van der Waals surface area contributed by atoms with Gasteiger partial charge in [0.1, 0.15) is 11.6 Å². The molecule has 0 bridgehead atoms. The molecule has 0 saturated carbocycles. The first-order valence-corrected chi connectivity index (χ1v) is 11.7. The third-order valence-electron chi connectivity index (χ3n) is 6.26. The number of hydrogen-bond donors (Lipinski definition) is 1. The van der Waals surface area contributed by atoms with Gasteiger partial charge < -0.3 is 15.4 Å². The van der Waals surface area contributed by atoms with Crippen LogP contribution in [0.1, 0.15) is 12.8 Å². The molecule has 2 aromatic carbocycles. The van der Waals surface area contributed by atoms with E-state index in [0.717, 1.165) is 37.0 Å². The Bertz CT molecular complexity index is 1500. The van der Waals surface area contributed by atoms with Crippen LogP contribution in [-0.2, 0) is 7.05 Å². The molecule has 2 N–H and O–H groups in total. The smallest absolute Gasteiger partial charge is 0.337 e. The van der Waals surface area contributed by atoms with E-state index in [9.17, 15) is 14.0 Å². The molecule has 11 heteroatoms. The van der Waals surface area contributed by atoms with Crippen molar-refractivity contribution >= 4 is 11.2 Å². The van der Waals surface area contributed by atoms with Crippen LogP contribution in [-0.4, -0.2) is 61.5 Å². The lowest BCUT2D eigenvalue weighted by Gasteiger charge is -2.15. The Morgan fingerprint density at radius 3 is 2.53 bits per heavy atom. The second-order valence-electron chi connectivity index (χ2n) is 8.84. The van der Waals surface area contributed by atoms with Crippen LogP contribution in [0.15, 0.2) is 58.1 Å². The van der Waals surface area contributed by atoms with Crippen molar-refractivity contribution in [2.75, 3.05) is 26.2 Å². The Labute approximate surface area is 205 Å². The highest BCUT2D eigenvalue weighted by Gasteiger charge is 2.19. The molecular formula is C25H26FN7O3.